The summed E-state index contributed by atoms with van der Waals surface area (Å²) in [5.41, 5.74) is 2.87. The summed E-state index contributed by atoms with van der Waals surface area (Å²) in [7, 11) is 1.65. The molecular weight excluding hydrogens is 300 g/mol. The van der Waals surface area contributed by atoms with Crippen LogP contribution < -0.4 is 4.74 Å². The van der Waals surface area contributed by atoms with Crippen LogP contribution in [0.1, 0.15) is 28.4 Å². The van der Waals surface area contributed by atoms with Crippen LogP contribution in [0.25, 0.3) is 10.9 Å². The number of benzene rings is 2. The lowest BCUT2D eigenvalue weighted by molar-refractivity contribution is 0.0786. The molecule has 1 amide bonds. The van der Waals surface area contributed by atoms with E-state index in [-0.39, 0.29) is 5.91 Å². The zero-order valence-corrected chi connectivity index (χ0v) is 13.7. The van der Waals surface area contributed by atoms with E-state index in [4.69, 9.17) is 4.74 Å². The van der Waals surface area contributed by atoms with E-state index < -0.39 is 0 Å². The number of amides is 1. The fourth-order valence-corrected chi connectivity index (χ4v) is 3.53. The molecule has 1 aliphatic rings. The molecule has 1 aliphatic heterocycles. The van der Waals surface area contributed by atoms with Crippen molar-refractivity contribution in [2.24, 2.45) is 0 Å². The number of aromatic amines is 1. The van der Waals surface area contributed by atoms with Crippen LogP contribution in [0, 0.1) is 0 Å². The predicted molar refractivity (Wildman–Crippen MR) is 94.6 cm³/mol. The van der Waals surface area contributed by atoms with Crippen molar-refractivity contribution >= 4 is 16.8 Å². The maximum atomic E-state index is 12.8. The number of hydrogen-bond acceptors (Lipinski definition) is 2. The van der Waals surface area contributed by atoms with Crippen molar-refractivity contribution in [3.8, 4) is 5.75 Å². The van der Waals surface area contributed by atoms with Gasteiger partial charge in [-0.15, -0.1) is 0 Å². The van der Waals surface area contributed by atoms with Gasteiger partial charge in [-0.3, -0.25) is 4.79 Å². The van der Waals surface area contributed by atoms with Crippen LogP contribution in [0.3, 0.4) is 0 Å². The molecule has 2 heterocycles. The fourth-order valence-electron chi connectivity index (χ4n) is 3.53. The topological polar surface area (TPSA) is 45.3 Å². The smallest absolute Gasteiger partial charge is 0.270 e. The van der Waals surface area contributed by atoms with Crippen molar-refractivity contribution < 1.29 is 9.53 Å². The molecule has 3 aromatic rings. The zero-order chi connectivity index (χ0) is 16.5. The summed E-state index contributed by atoms with van der Waals surface area (Å²) >= 11 is 0. The summed E-state index contributed by atoms with van der Waals surface area (Å²) in [6.45, 7) is 1.57. The number of nitrogens with one attached hydrogen (secondary N) is 1. The monoisotopic (exact) mass is 320 g/mol. The second kappa shape index (κ2) is 6.04. The Hall–Kier alpha value is -2.75. The number of carbonyl (C=O) groups excluding carboxylic acids is 1. The van der Waals surface area contributed by atoms with Gasteiger partial charge in [0.25, 0.3) is 5.91 Å². The summed E-state index contributed by atoms with van der Waals surface area (Å²) in [5, 5.41) is 0.946. The van der Waals surface area contributed by atoms with Crippen molar-refractivity contribution in [1.82, 2.24) is 9.88 Å². The lowest BCUT2D eigenvalue weighted by Crippen LogP contribution is -2.28. The first-order valence-corrected chi connectivity index (χ1v) is 8.26. The average Bonchev–Trinajstić information content (AvgIpc) is 3.28. The summed E-state index contributed by atoms with van der Waals surface area (Å²) in [6.07, 6.45) is 1.01. The van der Waals surface area contributed by atoms with Crippen molar-refractivity contribution in [3.63, 3.8) is 0 Å². The van der Waals surface area contributed by atoms with Gasteiger partial charge in [-0.05, 0) is 30.2 Å². The van der Waals surface area contributed by atoms with Crippen molar-refractivity contribution in [1.29, 1.82) is 0 Å². The van der Waals surface area contributed by atoms with Crippen molar-refractivity contribution in [3.05, 3.63) is 65.9 Å². The molecule has 24 heavy (non-hydrogen) atoms. The number of methoxy groups -OCH3 is 1. The molecule has 0 radical (unpaired) electrons. The Balaban J connectivity index is 1.56. The second-order valence-electron chi connectivity index (χ2n) is 6.25. The summed E-state index contributed by atoms with van der Waals surface area (Å²) < 4.78 is 5.38. The van der Waals surface area contributed by atoms with Gasteiger partial charge in [0, 0.05) is 29.9 Å². The number of carbonyl (C=O) groups is 1. The highest BCUT2D eigenvalue weighted by Crippen LogP contribution is 2.30. The molecule has 4 rings (SSSR count). The molecule has 1 aromatic heterocycles. The highest BCUT2D eigenvalue weighted by atomic mass is 16.5. The van der Waals surface area contributed by atoms with Gasteiger partial charge in [0.1, 0.15) is 11.4 Å². The Morgan fingerprint density at radius 3 is 2.79 bits per heavy atom. The van der Waals surface area contributed by atoms with Crippen molar-refractivity contribution in [2.75, 3.05) is 20.2 Å². The number of likely N-dealkylation sites (tertiary alicyclic amines) is 1. The molecule has 0 spiro atoms. The van der Waals surface area contributed by atoms with Gasteiger partial charge in [0.05, 0.1) is 7.11 Å². The van der Waals surface area contributed by atoms with E-state index in [9.17, 15) is 4.79 Å². The lowest BCUT2D eigenvalue weighted by atomic mass is 9.99. The standard InChI is InChI=1S/C20H20N2O2/c1-24-19-9-5-8-17-16(19)12-18(21-17)20(23)22-11-10-15(13-22)14-6-3-2-4-7-14/h2-9,12,15,21H,10-11,13H2,1H3/t15-/m1/s1. The zero-order valence-electron chi connectivity index (χ0n) is 13.7. The number of aromatic nitrogens is 1. The van der Waals surface area contributed by atoms with E-state index in [0.717, 1.165) is 36.2 Å². The van der Waals surface area contributed by atoms with Crippen LogP contribution in [0.5, 0.6) is 5.75 Å². The van der Waals surface area contributed by atoms with E-state index in [2.05, 4.69) is 29.2 Å². The third kappa shape index (κ3) is 2.54. The van der Waals surface area contributed by atoms with E-state index in [1.165, 1.54) is 5.56 Å². The summed E-state index contributed by atoms with van der Waals surface area (Å²) in [4.78, 5) is 18.0. The van der Waals surface area contributed by atoms with E-state index in [1.807, 2.05) is 35.2 Å². The van der Waals surface area contributed by atoms with Gasteiger partial charge in [-0.1, -0.05) is 36.4 Å². The molecule has 1 fully saturated rings. The van der Waals surface area contributed by atoms with Crippen LogP contribution in [-0.2, 0) is 0 Å². The molecule has 4 nitrogen and oxygen atoms in total. The van der Waals surface area contributed by atoms with Gasteiger partial charge in [0.2, 0.25) is 0 Å². The molecule has 2 aromatic carbocycles. The molecule has 4 heteroatoms. The minimum absolute atomic E-state index is 0.0617. The van der Waals surface area contributed by atoms with Gasteiger partial charge in [-0.25, -0.2) is 0 Å². The first-order valence-electron chi connectivity index (χ1n) is 8.26. The van der Waals surface area contributed by atoms with Crippen molar-refractivity contribution in [2.45, 2.75) is 12.3 Å². The molecule has 1 N–H and O–H groups in total. The predicted octanol–water partition coefficient (Wildman–Crippen LogP) is 3.81. The molecule has 0 saturated carbocycles. The summed E-state index contributed by atoms with van der Waals surface area (Å²) in [5.74, 6) is 1.27. The molecule has 122 valence electrons. The third-order valence-corrected chi connectivity index (χ3v) is 4.82. The van der Waals surface area contributed by atoms with Gasteiger partial charge in [0.15, 0.2) is 0 Å². The SMILES string of the molecule is COc1cccc2[nH]c(C(=O)N3CC[C@@H](c4ccccc4)C3)cc12. The minimum atomic E-state index is 0.0617. The minimum Gasteiger partial charge on any atom is -0.496 e. The largest absolute Gasteiger partial charge is 0.496 e. The first kappa shape index (κ1) is 14.8. The average molecular weight is 320 g/mol. The number of hydrogen-bond donors (Lipinski definition) is 1. The molecule has 1 atom stereocenters. The number of fused-ring (bicyclic) bond motifs is 1. The Morgan fingerprint density at radius 1 is 1.17 bits per heavy atom. The molecule has 1 saturated heterocycles. The summed E-state index contributed by atoms with van der Waals surface area (Å²) in [6, 6.07) is 18.1. The Bertz CT molecular complexity index is 870. The Labute approximate surface area is 141 Å². The second-order valence-corrected chi connectivity index (χ2v) is 6.25. The molecule has 0 unspecified atom stereocenters. The third-order valence-electron chi connectivity index (χ3n) is 4.82. The van der Waals surface area contributed by atoms with Gasteiger partial charge >= 0.3 is 0 Å². The molecule has 0 bridgehead atoms. The van der Waals surface area contributed by atoms with E-state index in [0.29, 0.717) is 11.6 Å². The van der Waals surface area contributed by atoms with Gasteiger partial charge in [-0.2, -0.15) is 0 Å². The van der Waals surface area contributed by atoms with Crippen LogP contribution in [-0.4, -0.2) is 36.0 Å². The highest BCUT2D eigenvalue weighted by Gasteiger charge is 2.28. The van der Waals surface area contributed by atoms with E-state index >= 15 is 0 Å². The maximum absolute atomic E-state index is 12.8. The Kier molecular flexibility index (Phi) is 3.73. The quantitative estimate of drug-likeness (QED) is 0.797. The molecule has 0 aliphatic carbocycles. The number of H-pyrrole nitrogens is 1. The normalized spacial score (nSPS) is 17.4. The number of ether oxygens (including phenoxy) is 1. The van der Waals surface area contributed by atoms with Gasteiger partial charge < -0.3 is 14.6 Å². The van der Waals surface area contributed by atoms with Crippen LogP contribution in [0.4, 0.5) is 0 Å². The van der Waals surface area contributed by atoms with Crippen LogP contribution >= 0.6 is 0 Å². The van der Waals surface area contributed by atoms with Crippen LogP contribution in [0.2, 0.25) is 0 Å². The molecular formula is C20H20N2O2. The Morgan fingerprint density at radius 2 is 2.00 bits per heavy atom. The highest BCUT2D eigenvalue weighted by molar-refractivity contribution is 5.99. The fraction of sp³-hybridized carbons (Fsp3) is 0.250. The maximum Gasteiger partial charge on any atom is 0.270 e. The first-order chi connectivity index (χ1) is 11.8. The lowest BCUT2D eigenvalue weighted by Gasteiger charge is -2.15. The van der Waals surface area contributed by atoms with E-state index in [1.54, 1.807) is 7.11 Å². The number of rotatable bonds is 3. The number of nitrogens with zero attached hydrogens (tertiary/aromatic N) is 1. The van der Waals surface area contributed by atoms with Crippen LogP contribution in [0.15, 0.2) is 54.6 Å².